The lowest BCUT2D eigenvalue weighted by molar-refractivity contribution is -0.142. The van der Waals surface area contributed by atoms with Gasteiger partial charge < -0.3 is 79.7 Å². The molecule has 3 aromatic rings. The molecule has 90 heavy (non-hydrogen) atoms. The lowest BCUT2D eigenvalue weighted by atomic mass is 9.96. The molecule has 0 saturated carbocycles. The number of carboxylic acids is 2. The van der Waals surface area contributed by atoms with E-state index in [1.165, 1.54) is 55.1 Å². The monoisotopic (exact) mass is 1280 g/mol. The van der Waals surface area contributed by atoms with Crippen molar-refractivity contribution in [2.45, 2.75) is 173 Å². The number of carbonyl (C=O) groups excluding carboxylic acids is 10. The van der Waals surface area contributed by atoms with Crippen molar-refractivity contribution in [3.63, 3.8) is 0 Å². The first-order valence-corrected chi connectivity index (χ1v) is 31.2. The van der Waals surface area contributed by atoms with Crippen LogP contribution in [0, 0.1) is 17.8 Å². The highest BCUT2D eigenvalue weighted by molar-refractivity contribution is 7.98. The fourth-order valence-electron chi connectivity index (χ4n) is 9.16. The summed E-state index contributed by atoms with van der Waals surface area (Å²) in [5.41, 5.74) is 13.1. The van der Waals surface area contributed by atoms with E-state index in [9.17, 15) is 78.0 Å². The zero-order valence-corrected chi connectivity index (χ0v) is 52.9. The van der Waals surface area contributed by atoms with Crippen LogP contribution < -0.4 is 59.3 Å². The number of aromatic hydroxyl groups is 2. The quantitative estimate of drug-likeness (QED) is 0.0371. The minimum absolute atomic E-state index is 0.0198. The fourth-order valence-corrected chi connectivity index (χ4v) is 9.65. The Balaban J connectivity index is 1.91. The molecule has 0 aliphatic heterocycles. The Morgan fingerprint density at radius 1 is 0.467 bits per heavy atom. The number of nitrogens with one attached hydrogen (secondary N) is 9. The number of aliphatic carboxylic acids is 2. The smallest absolute Gasteiger partial charge is 0.326 e. The second kappa shape index (κ2) is 37.9. The maximum Gasteiger partial charge on any atom is 0.326 e. The summed E-state index contributed by atoms with van der Waals surface area (Å²) in [6.45, 7) is 11.7. The lowest BCUT2D eigenvalue weighted by Gasteiger charge is -2.30. The number of phenolic OH excluding ortho intramolecular Hbond substituents is 2. The molecule has 0 aromatic heterocycles. The first-order valence-electron chi connectivity index (χ1n) is 29.8. The molecule has 0 aliphatic rings. The molecule has 3 aromatic carbocycles. The fraction of sp³-hybridized carbons (Fsp3) is 0.516. The Morgan fingerprint density at radius 2 is 0.867 bits per heavy atom. The van der Waals surface area contributed by atoms with Crippen molar-refractivity contribution in [2.24, 2.45) is 29.2 Å². The van der Waals surface area contributed by atoms with Crippen LogP contribution in [-0.4, -0.2) is 164 Å². The molecular weight excluding hydrogens is 1190 g/mol. The van der Waals surface area contributed by atoms with E-state index in [0.717, 1.165) is 0 Å². The Morgan fingerprint density at radius 3 is 1.34 bits per heavy atom. The van der Waals surface area contributed by atoms with Crippen LogP contribution in [0.1, 0.15) is 110 Å². The molecule has 494 valence electrons. The van der Waals surface area contributed by atoms with Crippen molar-refractivity contribution in [1.82, 2.24) is 47.9 Å². The number of amides is 10. The number of carbonyl (C=O) groups is 12. The standard InChI is InChI=1S/C62H89N11O16S/c1-9-34(5)51(73-59(85)46(30-39-18-22-41(75)23-19-39)67-54(80)42(63)26-27-90-8)60(86)65-36(7)53(79)72-52(35(6)10-2)61(87)70-45(29-38-16-20-40(74)21-17-38)57(83)68-44(28-33(3)4)56(82)66-43(24-25-50(77)78)55(81)69-47(32-49(64)76)58(84)71-48(62(88)89)31-37-14-12-11-13-15-37/h11-23,33-36,42-48,51-52,74-75H,9-10,24-32,63H2,1-8H3,(H2,64,76)(H,65,86)(H,66,82)(H,67,80)(H,68,83)(H,69,81)(H,70,87)(H,71,84)(H,72,79)(H,73,85)(H,77,78)(H,88,89)/t34-,35-,36-,42-,43-,44-,45-,46-,47-,48-,51-,52-/m0/s1. The Hall–Kier alpha value is -8.79. The number of thioether (sulfide) groups is 1. The second-order valence-corrected chi connectivity index (χ2v) is 23.7. The van der Waals surface area contributed by atoms with Crippen molar-refractivity contribution >= 4 is 82.8 Å². The largest absolute Gasteiger partial charge is 0.508 e. The van der Waals surface area contributed by atoms with Crippen LogP contribution >= 0.6 is 11.8 Å². The van der Waals surface area contributed by atoms with Gasteiger partial charge in [0.2, 0.25) is 59.1 Å². The van der Waals surface area contributed by atoms with Gasteiger partial charge in [0, 0.05) is 25.7 Å². The minimum Gasteiger partial charge on any atom is -0.508 e. The van der Waals surface area contributed by atoms with Crippen LogP contribution in [0.4, 0.5) is 0 Å². The summed E-state index contributed by atoms with van der Waals surface area (Å²) >= 11 is 1.49. The van der Waals surface area contributed by atoms with Gasteiger partial charge in [-0.2, -0.15) is 11.8 Å². The van der Waals surface area contributed by atoms with Crippen LogP contribution in [0.25, 0.3) is 0 Å². The van der Waals surface area contributed by atoms with E-state index in [0.29, 0.717) is 41.7 Å². The number of phenols is 2. The summed E-state index contributed by atoms with van der Waals surface area (Å²) in [6.07, 6.45) is 0.169. The third kappa shape index (κ3) is 26.1. The van der Waals surface area contributed by atoms with Gasteiger partial charge in [-0.25, -0.2) is 4.79 Å². The van der Waals surface area contributed by atoms with Crippen molar-refractivity contribution in [2.75, 3.05) is 12.0 Å². The lowest BCUT2D eigenvalue weighted by Crippen LogP contribution is -2.62. The van der Waals surface area contributed by atoms with Gasteiger partial charge in [0.25, 0.3) is 0 Å². The number of rotatable bonds is 39. The molecule has 0 fully saturated rings. The Labute approximate surface area is 527 Å². The van der Waals surface area contributed by atoms with Crippen molar-refractivity contribution in [3.8, 4) is 11.5 Å². The third-order valence-corrected chi connectivity index (χ3v) is 15.5. The first kappa shape index (κ1) is 75.5. The topological polar surface area (TPSA) is 446 Å². The summed E-state index contributed by atoms with van der Waals surface area (Å²) in [7, 11) is 0. The van der Waals surface area contributed by atoms with E-state index >= 15 is 0 Å². The van der Waals surface area contributed by atoms with Crippen molar-refractivity contribution in [1.29, 1.82) is 0 Å². The predicted molar refractivity (Wildman–Crippen MR) is 334 cm³/mol. The second-order valence-electron chi connectivity index (χ2n) is 22.7. The van der Waals surface area contributed by atoms with Crippen molar-refractivity contribution in [3.05, 3.63) is 95.6 Å². The zero-order valence-electron chi connectivity index (χ0n) is 52.0. The predicted octanol–water partition coefficient (Wildman–Crippen LogP) is 0.552. The van der Waals surface area contributed by atoms with Gasteiger partial charge in [-0.3, -0.25) is 52.7 Å². The van der Waals surface area contributed by atoms with Gasteiger partial charge in [0.05, 0.1) is 12.5 Å². The van der Waals surface area contributed by atoms with Crippen LogP contribution in [0.3, 0.4) is 0 Å². The number of hydrogen-bond donors (Lipinski definition) is 15. The van der Waals surface area contributed by atoms with E-state index in [4.69, 9.17) is 11.5 Å². The van der Waals surface area contributed by atoms with Gasteiger partial charge in [-0.15, -0.1) is 0 Å². The average Bonchev–Trinajstić information content (AvgIpc) is 2.73. The highest BCUT2D eigenvalue weighted by atomic mass is 32.2. The molecule has 17 N–H and O–H groups in total. The number of benzene rings is 3. The highest BCUT2D eigenvalue weighted by Gasteiger charge is 2.37. The molecular formula is C62H89N11O16S. The average molecular weight is 1280 g/mol. The van der Waals surface area contributed by atoms with Crippen LogP contribution in [0.2, 0.25) is 0 Å². The molecule has 3 rings (SSSR count). The maximum absolute atomic E-state index is 14.6. The first-order chi connectivity index (χ1) is 42.5. The summed E-state index contributed by atoms with van der Waals surface area (Å²) < 4.78 is 0. The molecule has 0 heterocycles. The molecule has 0 bridgehead atoms. The van der Waals surface area contributed by atoms with Crippen LogP contribution in [-0.2, 0) is 76.8 Å². The molecule has 0 radical (unpaired) electrons. The minimum atomic E-state index is -1.80. The van der Waals surface area contributed by atoms with Gasteiger partial charge in [-0.1, -0.05) is 109 Å². The van der Waals surface area contributed by atoms with E-state index in [1.807, 2.05) is 6.26 Å². The normalized spacial score (nSPS) is 15.1. The van der Waals surface area contributed by atoms with E-state index in [1.54, 1.807) is 84.0 Å². The Kier molecular flexibility index (Phi) is 31.8. The van der Waals surface area contributed by atoms with E-state index in [2.05, 4.69) is 47.9 Å². The van der Waals surface area contributed by atoms with E-state index in [-0.39, 0.29) is 43.1 Å². The van der Waals surface area contributed by atoms with Crippen LogP contribution in [0.5, 0.6) is 11.5 Å². The highest BCUT2D eigenvalue weighted by Crippen LogP contribution is 2.18. The van der Waals surface area contributed by atoms with E-state index < -0.39 is 163 Å². The van der Waals surface area contributed by atoms with Crippen molar-refractivity contribution < 1.29 is 78.0 Å². The molecule has 10 amide bonds. The summed E-state index contributed by atoms with van der Waals surface area (Å²) in [6, 6.07) is 5.67. The molecule has 0 unspecified atom stereocenters. The van der Waals surface area contributed by atoms with Gasteiger partial charge in [0.15, 0.2) is 0 Å². The van der Waals surface area contributed by atoms with Gasteiger partial charge >= 0.3 is 11.9 Å². The van der Waals surface area contributed by atoms with Gasteiger partial charge in [0.1, 0.15) is 65.9 Å². The summed E-state index contributed by atoms with van der Waals surface area (Å²) in [4.78, 5) is 163. The molecule has 0 aliphatic carbocycles. The molecule has 12 atom stereocenters. The molecule has 0 saturated heterocycles. The zero-order chi connectivity index (χ0) is 67.4. The maximum atomic E-state index is 14.6. The SMILES string of the molecule is CC[C@H](C)[C@H](NC(=O)[C@H](C)NC(=O)[C@@H](NC(=O)[C@H](Cc1ccc(O)cc1)NC(=O)[C@@H](N)CCSC)[C@@H](C)CC)C(=O)N[C@@H](Cc1ccc(O)cc1)C(=O)N[C@@H](CC(C)C)C(=O)N[C@@H](CCC(=O)O)C(=O)N[C@@H](CC(N)=O)C(=O)N[C@@H](Cc1ccccc1)C(=O)O. The molecule has 28 heteroatoms. The number of carboxylic acid groups (broad SMARTS) is 2. The third-order valence-electron chi connectivity index (χ3n) is 14.9. The number of hydrogen-bond acceptors (Lipinski definition) is 16. The number of primary amides is 1. The van der Waals surface area contributed by atoms with Crippen LogP contribution in [0.15, 0.2) is 78.9 Å². The number of nitrogens with two attached hydrogens (primary N) is 2. The summed E-state index contributed by atoms with van der Waals surface area (Å²) in [5.74, 6) is -13.0. The molecule has 27 nitrogen and oxygen atoms in total. The molecule has 0 spiro atoms. The van der Waals surface area contributed by atoms with Gasteiger partial charge in [-0.05, 0) is 96.9 Å². The Bertz CT molecular complexity index is 2920. The summed E-state index contributed by atoms with van der Waals surface area (Å²) in [5, 5.41) is 62.6.